The number of hydrogen-bond donors (Lipinski definition) is 2. The third kappa shape index (κ3) is 23500. The van der Waals surface area contributed by atoms with Gasteiger partial charge < -0.3 is 0 Å². The van der Waals surface area contributed by atoms with Gasteiger partial charge in [0.25, 0.3) is 20.2 Å². The molecule has 6 nitrogen and oxygen atoms in total. The molecule has 0 aliphatic rings. The minimum atomic E-state index is -3.67. The molecule has 0 aromatic heterocycles. The van der Waals surface area contributed by atoms with Crippen LogP contribution in [0.25, 0.3) is 0 Å². The van der Waals surface area contributed by atoms with Crippen molar-refractivity contribution in [3.05, 3.63) is 0 Å². The second-order valence-corrected chi connectivity index (χ2v) is 4.40. The highest BCUT2D eigenvalue weighted by atomic mass is 32.2. The highest BCUT2D eigenvalue weighted by Gasteiger charge is 1.81. The van der Waals surface area contributed by atoms with Gasteiger partial charge in [-0.2, -0.15) is 30.3 Å². The summed E-state index contributed by atoms with van der Waals surface area (Å²) in [5.41, 5.74) is 0. The highest BCUT2D eigenvalue weighted by molar-refractivity contribution is 7.85. The molecule has 9 heteroatoms. The van der Waals surface area contributed by atoms with E-state index in [4.69, 9.17) is 9.11 Å². The lowest BCUT2D eigenvalue weighted by Crippen LogP contribution is -1.88. The highest BCUT2D eigenvalue weighted by Crippen LogP contribution is 1.60. The molecule has 0 bridgehead atoms. The van der Waals surface area contributed by atoms with Crippen molar-refractivity contribution in [3.63, 3.8) is 0 Å². The van der Waals surface area contributed by atoms with Crippen LogP contribution in [0.4, 0.5) is 0 Å². The summed E-state index contributed by atoms with van der Waals surface area (Å²) in [6.45, 7) is 0. The van der Waals surface area contributed by atoms with Crippen molar-refractivity contribution in [2.24, 2.45) is 0 Å². The van der Waals surface area contributed by atoms with E-state index in [0.29, 0.717) is 12.5 Å². The van der Waals surface area contributed by atoms with Crippen LogP contribution in [0.15, 0.2) is 0 Å². The summed E-state index contributed by atoms with van der Waals surface area (Å²) in [6, 6.07) is 0. The molecule has 0 heterocycles. The van der Waals surface area contributed by atoms with Gasteiger partial charge in [-0.05, 0) is 0 Å². The van der Waals surface area contributed by atoms with E-state index >= 15 is 0 Å². The number of rotatable bonds is 0. The van der Waals surface area contributed by atoms with Gasteiger partial charge in [-0.3, -0.25) is 9.11 Å². The molecule has 0 fully saturated rings. The fourth-order valence-corrected chi connectivity index (χ4v) is 0. The monoisotopic (exact) mass is 226 g/mol. The standard InChI is InChI=1S/2CH4O3S.H2S/c2*1-5(2,3)4;/h2*1H3,(H,2,3,4);1H2. The second kappa shape index (κ2) is 5.77. The molecule has 0 aromatic rings. The Hall–Kier alpha value is 0.170. The maximum Gasteiger partial charge on any atom is 0.261 e. The molecule has 11 heavy (non-hydrogen) atoms. The molecule has 0 atom stereocenters. The maximum absolute atomic E-state index is 9.19. The average molecular weight is 226 g/mol. The predicted molar refractivity (Wildman–Crippen MR) is 45.3 cm³/mol. The van der Waals surface area contributed by atoms with Crippen LogP contribution in [0, 0.1) is 0 Å². The molecule has 0 unspecified atom stereocenters. The van der Waals surface area contributed by atoms with E-state index in [1.165, 1.54) is 0 Å². The molecule has 0 radical (unpaired) electrons. The van der Waals surface area contributed by atoms with E-state index < -0.39 is 20.2 Å². The van der Waals surface area contributed by atoms with Crippen molar-refractivity contribution in [1.29, 1.82) is 0 Å². The summed E-state index contributed by atoms with van der Waals surface area (Å²) in [6.07, 6.45) is 1.43. The normalized spacial score (nSPS) is 10.5. The smallest absolute Gasteiger partial charge is 0.261 e. The van der Waals surface area contributed by atoms with Crippen molar-refractivity contribution >= 4 is 33.7 Å². The molecule has 0 spiro atoms. The van der Waals surface area contributed by atoms with Gasteiger partial charge in [0.15, 0.2) is 0 Å². The summed E-state index contributed by atoms with van der Waals surface area (Å²) in [4.78, 5) is 0. The van der Waals surface area contributed by atoms with Crippen LogP contribution in [0.5, 0.6) is 0 Å². The van der Waals surface area contributed by atoms with E-state index in [1.54, 1.807) is 0 Å². The van der Waals surface area contributed by atoms with Gasteiger partial charge in [-0.25, -0.2) is 0 Å². The molecule has 0 amide bonds. The van der Waals surface area contributed by atoms with E-state index in [1.807, 2.05) is 0 Å². The Bertz CT molecular complexity index is 212. The summed E-state index contributed by atoms with van der Waals surface area (Å²) >= 11 is 0. The van der Waals surface area contributed by atoms with Gasteiger partial charge in [-0.15, -0.1) is 0 Å². The Morgan fingerprint density at radius 3 is 0.818 bits per heavy atom. The zero-order chi connectivity index (χ0) is 9.00. The first kappa shape index (κ1) is 17.3. The largest absolute Gasteiger partial charge is 0.286 e. The van der Waals surface area contributed by atoms with Crippen molar-refractivity contribution in [2.75, 3.05) is 12.5 Å². The lowest BCUT2D eigenvalue weighted by Gasteiger charge is -1.69. The Kier molecular flexibility index (Phi) is 9.09. The van der Waals surface area contributed by atoms with Gasteiger partial charge in [0.05, 0.1) is 12.5 Å². The van der Waals surface area contributed by atoms with Crippen LogP contribution >= 0.6 is 13.5 Å². The fraction of sp³-hybridized carbons (Fsp3) is 1.00. The van der Waals surface area contributed by atoms with Crippen LogP contribution in [0.2, 0.25) is 0 Å². The fourth-order valence-electron chi connectivity index (χ4n) is 0. The Morgan fingerprint density at radius 2 is 0.818 bits per heavy atom. The Labute approximate surface area is 72.6 Å². The number of hydrogen-bond acceptors (Lipinski definition) is 4. The molecule has 0 saturated heterocycles. The Balaban J connectivity index is -0.000000107. The van der Waals surface area contributed by atoms with Gasteiger partial charge in [0.2, 0.25) is 0 Å². The molecular weight excluding hydrogens is 216 g/mol. The van der Waals surface area contributed by atoms with Crippen LogP contribution in [0.1, 0.15) is 0 Å². The third-order valence-electron chi connectivity index (χ3n) is 0. The van der Waals surface area contributed by atoms with Crippen LogP contribution in [-0.4, -0.2) is 38.5 Å². The lowest BCUT2D eigenvalue weighted by atomic mass is 12.0. The molecule has 0 saturated carbocycles. The second-order valence-electron chi connectivity index (χ2n) is 1.47. The first-order chi connectivity index (χ1) is 4.00. The van der Waals surface area contributed by atoms with Crippen molar-refractivity contribution < 1.29 is 25.9 Å². The van der Waals surface area contributed by atoms with Crippen molar-refractivity contribution in [3.8, 4) is 0 Å². The first-order valence-electron chi connectivity index (χ1n) is 1.85. The topological polar surface area (TPSA) is 109 Å². The van der Waals surface area contributed by atoms with Crippen LogP contribution < -0.4 is 0 Å². The zero-order valence-electron chi connectivity index (χ0n) is 5.84. The van der Waals surface area contributed by atoms with E-state index in [9.17, 15) is 16.8 Å². The molecular formula is C2H10O6S3. The van der Waals surface area contributed by atoms with Crippen LogP contribution in [-0.2, 0) is 20.2 Å². The molecule has 0 aliphatic carbocycles. The van der Waals surface area contributed by atoms with Gasteiger partial charge >= 0.3 is 0 Å². The summed E-state index contributed by atoms with van der Waals surface area (Å²) < 4.78 is 51.7. The molecule has 0 aromatic carbocycles. The van der Waals surface area contributed by atoms with Gasteiger partial charge in [0.1, 0.15) is 0 Å². The molecule has 0 aliphatic heterocycles. The molecule has 2 N–H and O–H groups in total. The predicted octanol–water partition coefficient (Wildman–Crippen LogP) is -0.879. The van der Waals surface area contributed by atoms with E-state index in [-0.39, 0.29) is 13.5 Å². The zero-order valence-corrected chi connectivity index (χ0v) is 8.48. The molecule has 72 valence electrons. The Morgan fingerprint density at radius 1 is 0.818 bits per heavy atom. The summed E-state index contributed by atoms with van der Waals surface area (Å²) in [5, 5.41) is 0. The minimum absolute atomic E-state index is 0. The van der Waals surface area contributed by atoms with Gasteiger partial charge in [-0.1, -0.05) is 0 Å². The van der Waals surface area contributed by atoms with E-state index in [2.05, 4.69) is 0 Å². The quantitative estimate of drug-likeness (QED) is 0.519. The van der Waals surface area contributed by atoms with E-state index in [0.717, 1.165) is 0 Å². The van der Waals surface area contributed by atoms with Crippen LogP contribution in [0.3, 0.4) is 0 Å². The average Bonchev–Trinajstić information content (AvgIpc) is 1.12. The third-order valence-corrected chi connectivity index (χ3v) is 0. The SMILES string of the molecule is CS(=O)(=O)O.CS(=O)(=O)O.S. The van der Waals surface area contributed by atoms with Gasteiger partial charge in [0, 0.05) is 0 Å². The summed E-state index contributed by atoms with van der Waals surface area (Å²) in [5.74, 6) is 0. The minimum Gasteiger partial charge on any atom is -0.286 e. The maximum atomic E-state index is 9.19. The molecule has 0 rings (SSSR count). The first-order valence-corrected chi connectivity index (χ1v) is 5.54. The van der Waals surface area contributed by atoms with Crippen molar-refractivity contribution in [2.45, 2.75) is 0 Å². The summed E-state index contributed by atoms with van der Waals surface area (Å²) in [7, 11) is -7.33. The van der Waals surface area contributed by atoms with Crippen molar-refractivity contribution in [1.82, 2.24) is 0 Å². The lowest BCUT2D eigenvalue weighted by molar-refractivity contribution is 0.488.